The first kappa shape index (κ1) is 12.0. The summed E-state index contributed by atoms with van der Waals surface area (Å²) in [6.07, 6.45) is 2.19. The highest BCUT2D eigenvalue weighted by atomic mass is 16.5. The fourth-order valence-corrected chi connectivity index (χ4v) is 3.17. The summed E-state index contributed by atoms with van der Waals surface area (Å²) < 4.78 is 11.8. The van der Waals surface area contributed by atoms with E-state index < -0.39 is 6.10 Å². The molecule has 3 rings (SSSR count). The van der Waals surface area contributed by atoms with Crippen LogP contribution in [0.3, 0.4) is 0 Å². The molecule has 1 aromatic carbocycles. The zero-order valence-corrected chi connectivity index (χ0v) is 11.0. The third kappa shape index (κ3) is 2.02. The van der Waals surface area contributed by atoms with E-state index >= 15 is 0 Å². The van der Waals surface area contributed by atoms with Gasteiger partial charge in [-0.1, -0.05) is 11.6 Å². The molecule has 0 bridgehead atoms. The number of aliphatic hydroxyl groups excluding tert-OH is 1. The van der Waals surface area contributed by atoms with Crippen molar-refractivity contribution in [2.75, 3.05) is 6.61 Å². The molecule has 3 atom stereocenters. The fourth-order valence-electron chi connectivity index (χ4n) is 3.17. The first-order chi connectivity index (χ1) is 8.58. The highest BCUT2D eigenvalue weighted by molar-refractivity contribution is 5.41. The van der Waals surface area contributed by atoms with Gasteiger partial charge < -0.3 is 14.6 Å². The molecule has 0 amide bonds. The van der Waals surface area contributed by atoms with Crippen LogP contribution in [0.2, 0.25) is 0 Å². The molecule has 0 saturated carbocycles. The Bertz CT molecular complexity index is 457. The maximum absolute atomic E-state index is 10.4. The van der Waals surface area contributed by atoms with E-state index in [0.717, 1.165) is 36.3 Å². The average molecular weight is 248 g/mol. The first-order valence-electron chi connectivity index (χ1n) is 6.67. The van der Waals surface area contributed by atoms with Gasteiger partial charge in [0.05, 0.1) is 18.8 Å². The molecule has 3 unspecified atom stereocenters. The van der Waals surface area contributed by atoms with Gasteiger partial charge in [0.15, 0.2) is 0 Å². The molecule has 1 spiro atoms. The van der Waals surface area contributed by atoms with Crippen molar-refractivity contribution in [3.63, 3.8) is 0 Å². The largest absolute Gasteiger partial charge is 0.487 e. The highest BCUT2D eigenvalue weighted by Gasteiger charge is 2.43. The SMILES string of the molecule is Cc1ccc2c(c1)C(O)CC1(CCOC(C)C1)O2. The van der Waals surface area contributed by atoms with Crippen LogP contribution in [0.5, 0.6) is 5.75 Å². The summed E-state index contributed by atoms with van der Waals surface area (Å²) in [5.41, 5.74) is 1.85. The summed E-state index contributed by atoms with van der Waals surface area (Å²) in [6, 6.07) is 6.04. The fraction of sp³-hybridized carbons (Fsp3) is 0.600. The molecule has 1 N–H and O–H groups in total. The van der Waals surface area contributed by atoms with Gasteiger partial charge in [-0.3, -0.25) is 0 Å². The minimum absolute atomic E-state index is 0.206. The van der Waals surface area contributed by atoms with E-state index in [9.17, 15) is 5.11 Å². The molecule has 18 heavy (non-hydrogen) atoms. The molecular formula is C15H20O3. The molecule has 1 fully saturated rings. The van der Waals surface area contributed by atoms with Crippen LogP contribution in [0.15, 0.2) is 18.2 Å². The van der Waals surface area contributed by atoms with E-state index in [1.807, 2.05) is 25.1 Å². The van der Waals surface area contributed by atoms with E-state index in [1.165, 1.54) is 0 Å². The Morgan fingerprint density at radius 2 is 2.17 bits per heavy atom. The van der Waals surface area contributed by atoms with Gasteiger partial charge in [-0.05, 0) is 26.0 Å². The highest BCUT2D eigenvalue weighted by Crippen LogP contribution is 2.45. The second-order valence-electron chi connectivity index (χ2n) is 5.68. The molecule has 3 nitrogen and oxygen atoms in total. The minimum Gasteiger partial charge on any atom is -0.487 e. The Balaban J connectivity index is 1.93. The topological polar surface area (TPSA) is 38.7 Å². The molecule has 1 saturated heterocycles. The molecule has 2 heterocycles. The summed E-state index contributed by atoms with van der Waals surface area (Å²) in [5.74, 6) is 0.841. The quantitative estimate of drug-likeness (QED) is 0.767. The number of fused-ring (bicyclic) bond motifs is 1. The van der Waals surface area contributed by atoms with Crippen molar-refractivity contribution in [3.05, 3.63) is 29.3 Å². The Labute approximate surface area is 108 Å². The minimum atomic E-state index is -0.418. The number of benzene rings is 1. The summed E-state index contributed by atoms with van der Waals surface area (Å²) in [7, 11) is 0. The maximum Gasteiger partial charge on any atom is 0.125 e. The van der Waals surface area contributed by atoms with Gasteiger partial charge in [-0.2, -0.15) is 0 Å². The van der Waals surface area contributed by atoms with Crippen LogP contribution >= 0.6 is 0 Å². The number of aliphatic hydroxyl groups is 1. The molecule has 2 aliphatic rings. The number of aryl methyl sites for hydroxylation is 1. The van der Waals surface area contributed by atoms with E-state index in [2.05, 4.69) is 6.92 Å². The van der Waals surface area contributed by atoms with Crippen molar-refractivity contribution in [3.8, 4) is 5.75 Å². The van der Waals surface area contributed by atoms with Gasteiger partial charge >= 0.3 is 0 Å². The average Bonchev–Trinajstić information content (AvgIpc) is 2.30. The monoisotopic (exact) mass is 248 g/mol. The number of rotatable bonds is 0. The van der Waals surface area contributed by atoms with Gasteiger partial charge in [0.1, 0.15) is 11.4 Å². The van der Waals surface area contributed by atoms with Crippen LogP contribution in [-0.4, -0.2) is 23.4 Å². The van der Waals surface area contributed by atoms with Crippen LogP contribution < -0.4 is 4.74 Å². The molecule has 2 aliphatic heterocycles. The number of hydrogen-bond acceptors (Lipinski definition) is 3. The molecule has 1 aromatic rings. The zero-order chi connectivity index (χ0) is 12.8. The molecular weight excluding hydrogens is 228 g/mol. The predicted octanol–water partition coefficient (Wildman–Crippen LogP) is 2.75. The van der Waals surface area contributed by atoms with Crippen LogP contribution in [0.1, 0.15) is 43.4 Å². The van der Waals surface area contributed by atoms with E-state index in [0.29, 0.717) is 6.42 Å². The van der Waals surface area contributed by atoms with Crippen molar-refractivity contribution in [2.45, 2.75) is 50.9 Å². The second kappa shape index (κ2) is 4.25. The zero-order valence-electron chi connectivity index (χ0n) is 11.0. The Kier molecular flexibility index (Phi) is 2.83. The van der Waals surface area contributed by atoms with Crippen molar-refractivity contribution < 1.29 is 14.6 Å². The van der Waals surface area contributed by atoms with Gasteiger partial charge in [-0.15, -0.1) is 0 Å². The van der Waals surface area contributed by atoms with Crippen LogP contribution in [0.4, 0.5) is 0 Å². The summed E-state index contributed by atoms with van der Waals surface area (Å²) in [4.78, 5) is 0. The maximum atomic E-state index is 10.4. The molecule has 0 radical (unpaired) electrons. The molecule has 0 aromatic heterocycles. The van der Waals surface area contributed by atoms with Gasteiger partial charge in [0, 0.05) is 24.8 Å². The lowest BCUT2D eigenvalue weighted by Gasteiger charge is -2.44. The van der Waals surface area contributed by atoms with Crippen LogP contribution in [0.25, 0.3) is 0 Å². The van der Waals surface area contributed by atoms with Crippen molar-refractivity contribution in [1.29, 1.82) is 0 Å². The summed E-state index contributed by atoms with van der Waals surface area (Å²) in [6.45, 7) is 4.82. The van der Waals surface area contributed by atoms with Gasteiger partial charge in [0.25, 0.3) is 0 Å². The van der Waals surface area contributed by atoms with E-state index in [-0.39, 0.29) is 11.7 Å². The second-order valence-corrected chi connectivity index (χ2v) is 5.68. The van der Waals surface area contributed by atoms with Gasteiger partial charge in [-0.25, -0.2) is 0 Å². The lowest BCUT2D eigenvalue weighted by molar-refractivity contribution is -0.111. The smallest absolute Gasteiger partial charge is 0.125 e. The van der Waals surface area contributed by atoms with E-state index in [4.69, 9.17) is 9.47 Å². The first-order valence-corrected chi connectivity index (χ1v) is 6.67. The van der Waals surface area contributed by atoms with Crippen molar-refractivity contribution in [1.82, 2.24) is 0 Å². The van der Waals surface area contributed by atoms with Gasteiger partial charge in [0.2, 0.25) is 0 Å². The molecule has 0 aliphatic carbocycles. The normalized spacial score (nSPS) is 35.1. The lowest BCUT2D eigenvalue weighted by Crippen LogP contribution is -2.47. The van der Waals surface area contributed by atoms with Crippen molar-refractivity contribution in [2.24, 2.45) is 0 Å². The number of ether oxygens (including phenoxy) is 2. The Morgan fingerprint density at radius 1 is 1.33 bits per heavy atom. The third-order valence-corrected chi connectivity index (χ3v) is 4.04. The standard InChI is InChI=1S/C15H20O3/c1-10-3-4-14-12(7-10)13(16)9-15(18-14)5-6-17-11(2)8-15/h3-4,7,11,13,16H,5-6,8-9H2,1-2H3. The lowest BCUT2D eigenvalue weighted by atomic mass is 9.81. The Hall–Kier alpha value is -1.06. The summed E-state index contributed by atoms with van der Waals surface area (Å²) >= 11 is 0. The molecule has 98 valence electrons. The van der Waals surface area contributed by atoms with E-state index in [1.54, 1.807) is 0 Å². The number of hydrogen-bond donors (Lipinski definition) is 1. The Morgan fingerprint density at radius 3 is 2.94 bits per heavy atom. The molecule has 3 heteroatoms. The summed E-state index contributed by atoms with van der Waals surface area (Å²) in [5, 5.41) is 10.4. The van der Waals surface area contributed by atoms with Crippen LogP contribution in [0, 0.1) is 6.92 Å². The van der Waals surface area contributed by atoms with Crippen LogP contribution in [-0.2, 0) is 4.74 Å². The third-order valence-electron chi connectivity index (χ3n) is 4.04. The predicted molar refractivity (Wildman–Crippen MR) is 68.8 cm³/mol. The van der Waals surface area contributed by atoms with Crippen molar-refractivity contribution >= 4 is 0 Å².